The zero-order chi connectivity index (χ0) is 7.68. The van der Waals surface area contributed by atoms with Gasteiger partial charge in [-0.1, -0.05) is 6.07 Å². The van der Waals surface area contributed by atoms with E-state index in [4.69, 9.17) is 0 Å². The van der Waals surface area contributed by atoms with Crippen LogP contribution in [0.2, 0.25) is 0 Å². The van der Waals surface area contributed by atoms with Gasteiger partial charge in [0, 0.05) is 29.9 Å². The number of thiol groups is 1. The highest BCUT2D eigenvalue weighted by molar-refractivity contribution is 7.79. The lowest BCUT2D eigenvalue weighted by Gasteiger charge is -1.97. The molecular formula is C8H8N2S. The molecule has 0 radical (unpaired) electrons. The molecule has 0 saturated carbocycles. The van der Waals surface area contributed by atoms with Crippen molar-refractivity contribution < 1.29 is 0 Å². The summed E-state index contributed by atoms with van der Waals surface area (Å²) in [6.45, 7) is 0. The van der Waals surface area contributed by atoms with E-state index < -0.39 is 0 Å². The Hall–Kier alpha value is -0.960. The van der Waals surface area contributed by atoms with Gasteiger partial charge < -0.3 is 4.40 Å². The van der Waals surface area contributed by atoms with Gasteiger partial charge in [0.2, 0.25) is 0 Å². The molecule has 0 fully saturated rings. The van der Waals surface area contributed by atoms with E-state index in [0.717, 1.165) is 11.4 Å². The van der Waals surface area contributed by atoms with Gasteiger partial charge in [-0.15, -0.1) is 0 Å². The molecule has 0 amide bonds. The summed E-state index contributed by atoms with van der Waals surface area (Å²) in [7, 11) is 0. The molecule has 56 valence electrons. The number of fused-ring (bicyclic) bond motifs is 1. The maximum Gasteiger partial charge on any atom is 0.140 e. The number of nitrogens with zero attached hydrogens (tertiary/aromatic N) is 2. The number of rotatable bonds is 1. The molecule has 2 aromatic rings. The minimum atomic E-state index is 0.737. The quantitative estimate of drug-likeness (QED) is 0.636. The van der Waals surface area contributed by atoms with Crippen LogP contribution in [0.15, 0.2) is 30.7 Å². The Morgan fingerprint density at radius 1 is 1.45 bits per heavy atom. The summed E-state index contributed by atoms with van der Waals surface area (Å²) in [5.41, 5.74) is 2.17. The lowest BCUT2D eigenvalue weighted by Crippen LogP contribution is -1.87. The molecule has 3 heteroatoms. The van der Waals surface area contributed by atoms with E-state index in [0.29, 0.717) is 0 Å². The molecule has 2 heterocycles. The molecule has 2 nitrogen and oxygen atoms in total. The molecule has 0 N–H and O–H groups in total. The van der Waals surface area contributed by atoms with E-state index in [1.165, 1.54) is 5.56 Å². The van der Waals surface area contributed by atoms with Gasteiger partial charge in [0.25, 0.3) is 0 Å². The largest absolute Gasteiger partial charge is 0.307 e. The number of hydrogen-bond donors (Lipinski definition) is 1. The molecule has 0 aliphatic rings. The van der Waals surface area contributed by atoms with Crippen molar-refractivity contribution in [2.75, 3.05) is 0 Å². The smallest absolute Gasteiger partial charge is 0.140 e. The Kier molecular flexibility index (Phi) is 1.58. The number of aromatic nitrogens is 2. The van der Waals surface area contributed by atoms with E-state index >= 15 is 0 Å². The molecule has 0 aliphatic carbocycles. The second kappa shape index (κ2) is 2.58. The maximum atomic E-state index is 4.21. The molecule has 0 bridgehead atoms. The van der Waals surface area contributed by atoms with E-state index in [9.17, 15) is 0 Å². The number of pyridine rings is 1. The molecular weight excluding hydrogens is 156 g/mol. The minimum absolute atomic E-state index is 0.737. The summed E-state index contributed by atoms with van der Waals surface area (Å²) in [6, 6.07) is 4.04. The first-order valence-corrected chi connectivity index (χ1v) is 4.06. The first kappa shape index (κ1) is 6.73. The highest BCUT2D eigenvalue weighted by Gasteiger charge is 1.97. The topological polar surface area (TPSA) is 17.3 Å². The van der Waals surface area contributed by atoms with Crippen LogP contribution in [0, 0.1) is 0 Å². The summed E-state index contributed by atoms with van der Waals surface area (Å²) in [6.07, 6.45) is 5.71. The monoisotopic (exact) mass is 164 g/mol. The van der Waals surface area contributed by atoms with Crippen molar-refractivity contribution in [1.29, 1.82) is 0 Å². The summed E-state index contributed by atoms with van der Waals surface area (Å²) in [4.78, 5) is 4.20. The van der Waals surface area contributed by atoms with Gasteiger partial charge in [0.1, 0.15) is 5.65 Å². The third-order valence-electron chi connectivity index (χ3n) is 1.67. The standard InChI is InChI=1S/C8H8N2S/c11-6-7-2-1-4-10-5-3-9-8(7)10/h1-5,11H,6H2. The van der Waals surface area contributed by atoms with Crippen molar-refractivity contribution >= 4 is 18.3 Å². The van der Waals surface area contributed by atoms with Crippen LogP contribution in [-0.4, -0.2) is 9.38 Å². The van der Waals surface area contributed by atoms with Crippen molar-refractivity contribution in [2.24, 2.45) is 0 Å². The van der Waals surface area contributed by atoms with Crippen LogP contribution in [0.3, 0.4) is 0 Å². The lowest BCUT2D eigenvalue weighted by atomic mass is 10.3. The fraction of sp³-hybridized carbons (Fsp3) is 0.125. The number of imidazole rings is 1. The Labute approximate surface area is 70.3 Å². The summed E-state index contributed by atoms with van der Waals surface area (Å²) < 4.78 is 1.99. The van der Waals surface area contributed by atoms with Crippen LogP contribution >= 0.6 is 12.6 Å². The van der Waals surface area contributed by atoms with Crippen LogP contribution in [0.25, 0.3) is 5.65 Å². The van der Waals surface area contributed by atoms with E-state index in [2.05, 4.69) is 17.6 Å². The van der Waals surface area contributed by atoms with Gasteiger partial charge in [-0.2, -0.15) is 12.6 Å². The zero-order valence-corrected chi connectivity index (χ0v) is 6.83. The minimum Gasteiger partial charge on any atom is -0.307 e. The van der Waals surface area contributed by atoms with E-state index in [1.807, 2.05) is 28.9 Å². The Bertz CT molecular complexity index is 367. The SMILES string of the molecule is SCc1cccn2ccnc12. The second-order valence-electron chi connectivity index (χ2n) is 2.35. The molecule has 0 atom stereocenters. The Morgan fingerprint density at radius 2 is 2.36 bits per heavy atom. The summed E-state index contributed by atoms with van der Waals surface area (Å²) in [5.74, 6) is 0.737. The molecule has 0 aromatic carbocycles. The predicted molar refractivity (Wildman–Crippen MR) is 47.9 cm³/mol. The van der Waals surface area contributed by atoms with Crippen LogP contribution in [0.4, 0.5) is 0 Å². The van der Waals surface area contributed by atoms with Crippen molar-refractivity contribution in [1.82, 2.24) is 9.38 Å². The van der Waals surface area contributed by atoms with Crippen LogP contribution < -0.4 is 0 Å². The lowest BCUT2D eigenvalue weighted by molar-refractivity contribution is 1.16. The zero-order valence-electron chi connectivity index (χ0n) is 5.94. The number of hydrogen-bond acceptors (Lipinski definition) is 2. The normalized spacial score (nSPS) is 10.6. The highest BCUT2D eigenvalue weighted by Crippen LogP contribution is 2.09. The van der Waals surface area contributed by atoms with Gasteiger partial charge in [-0.3, -0.25) is 0 Å². The van der Waals surface area contributed by atoms with Crippen molar-refractivity contribution in [3.8, 4) is 0 Å². The van der Waals surface area contributed by atoms with E-state index in [-0.39, 0.29) is 0 Å². The van der Waals surface area contributed by atoms with Crippen LogP contribution in [-0.2, 0) is 5.75 Å². The van der Waals surface area contributed by atoms with Crippen LogP contribution in [0.1, 0.15) is 5.56 Å². The Balaban J connectivity index is 2.79. The first-order chi connectivity index (χ1) is 5.42. The molecule has 0 aliphatic heterocycles. The van der Waals surface area contributed by atoms with Gasteiger partial charge in [0.05, 0.1) is 0 Å². The fourth-order valence-electron chi connectivity index (χ4n) is 1.13. The second-order valence-corrected chi connectivity index (χ2v) is 2.67. The molecule has 2 rings (SSSR count). The molecule has 0 spiro atoms. The van der Waals surface area contributed by atoms with Crippen molar-refractivity contribution in [3.05, 3.63) is 36.3 Å². The Morgan fingerprint density at radius 3 is 3.18 bits per heavy atom. The van der Waals surface area contributed by atoms with Gasteiger partial charge in [0.15, 0.2) is 0 Å². The first-order valence-electron chi connectivity index (χ1n) is 3.43. The summed E-state index contributed by atoms with van der Waals surface area (Å²) >= 11 is 4.21. The molecule has 2 aromatic heterocycles. The molecule has 11 heavy (non-hydrogen) atoms. The fourth-order valence-corrected chi connectivity index (χ4v) is 1.38. The van der Waals surface area contributed by atoms with Crippen molar-refractivity contribution in [2.45, 2.75) is 5.75 Å². The third-order valence-corrected chi connectivity index (χ3v) is 2.01. The third kappa shape index (κ3) is 1.01. The average molecular weight is 164 g/mol. The maximum absolute atomic E-state index is 4.21. The predicted octanol–water partition coefficient (Wildman–Crippen LogP) is 1.76. The average Bonchev–Trinajstić information content (AvgIpc) is 2.50. The van der Waals surface area contributed by atoms with Crippen molar-refractivity contribution in [3.63, 3.8) is 0 Å². The summed E-state index contributed by atoms with van der Waals surface area (Å²) in [5, 5.41) is 0. The molecule has 0 unspecified atom stereocenters. The van der Waals surface area contributed by atoms with Gasteiger partial charge in [-0.25, -0.2) is 4.98 Å². The van der Waals surface area contributed by atoms with Gasteiger partial charge in [-0.05, 0) is 6.07 Å². The molecule has 0 saturated heterocycles. The highest BCUT2D eigenvalue weighted by atomic mass is 32.1. The van der Waals surface area contributed by atoms with E-state index in [1.54, 1.807) is 6.20 Å². The van der Waals surface area contributed by atoms with Gasteiger partial charge >= 0.3 is 0 Å². The van der Waals surface area contributed by atoms with Crippen LogP contribution in [0.5, 0.6) is 0 Å².